The van der Waals surface area contributed by atoms with Crippen LogP contribution in [-0.2, 0) is 29.0 Å². The second kappa shape index (κ2) is 13.8. The third-order valence-corrected chi connectivity index (χ3v) is 9.68. The molecule has 13 heteroatoms. The Balaban J connectivity index is 0.00000484. The van der Waals surface area contributed by atoms with Crippen LogP contribution >= 0.6 is 0 Å². The predicted octanol–water partition coefficient (Wildman–Crippen LogP) is 5.19. The second-order valence-electron chi connectivity index (χ2n) is 11.1. The van der Waals surface area contributed by atoms with Crippen molar-refractivity contribution in [3.63, 3.8) is 0 Å². The maximum atomic E-state index is 14.0. The van der Waals surface area contributed by atoms with Crippen LogP contribution in [0.2, 0.25) is 0 Å². The average Bonchev–Trinajstić information content (AvgIpc) is 2.92. The molecule has 0 bridgehead atoms. The van der Waals surface area contributed by atoms with E-state index < -0.39 is 21.8 Å². The smallest absolute Gasteiger partial charge is 0.419 e. The van der Waals surface area contributed by atoms with Gasteiger partial charge in [0.2, 0.25) is 16.0 Å². The number of ether oxygens (including phenoxy) is 1. The quantitative estimate of drug-likeness (QED) is 0.413. The first kappa shape index (κ1) is 33.9. The Labute approximate surface area is 248 Å². The van der Waals surface area contributed by atoms with Gasteiger partial charge in [-0.05, 0) is 50.3 Å². The number of anilines is 3. The van der Waals surface area contributed by atoms with Crippen LogP contribution in [0.5, 0.6) is 5.75 Å². The minimum Gasteiger partial charge on any atom is -0.494 e. The number of hydrogen-bond acceptors (Lipinski definition) is 8. The first-order valence-electron chi connectivity index (χ1n) is 14.1. The van der Waals surface area contributed by atoms with Crippen molar-refractivity contribution in [2.75, 3.05) is 63.9 Å². The summed E-state index contributed by atoms with van der Waals surface area (Å²) in [4.78, 5) is 13.0. The number of aryl methyl sites for hydroxylation is 1. The first-order valence-corrected chi connectivity index (χ1v) is 15.9. The Hall–Kier alpha value is -2.64. The average molecular weight is 615 g/mol. The van der Waals surface area contributed by atoms with Crippen molar-refractivity contribution in [1.29, 1.82) is 0 Å². The number of methoxy groups -OCH3 is 1. The number of benzene rings is 1. The monoisotopic (exact) mass is 614 g/mol. The van der Waals surface area contributed by atoms with Gasteiger partial charge < -0.3 is 19.9 Å². The van der Waals surface area contributed by atoms with Crippen molar-refractivity contribution in [3.8, 4) is 5.75 Å². The summed E-state index contributed by atoms with van der Waals surface area (Å²) >= 11 is 0. The van der Waals surface area contributed by atoms with Crippen LogP contribution in [-0.4, -0.2) is 87.3 Å². The van der Waals surface area contributed by atoms with E-state index in [2.05, 4.69) is 39.1 Å². The molecule has 2 fully saturated rings. The number of alkyl halides is 3. The molecule has 0 radical (unpaired) electrons. The van der Waals surface area contributed by atoms with Crippen molar-refractivity contribution in [1.82, 2.24) is 19.2 Å². The van der Waals surface area contributed by atoms with E-state index in [1.807, 2.05) is 12.1 Å². The molecule has 2 heterocycles. The third-order valence-electron chi connectivity index (χ3n) is 8.36. The largest absolute Gasteiger partial charge is 0.494 e. The minimum atomic E-state index is -4.64. The van der Waals surface area contributed by atoms with E-state index in [-0.39, 0.29) is 37.4 Å². The molecule has 4 rings (SSSR count). The van der Waals surface area contributed by atoms with Crippen molar-refractivity contribution in [2.45, 2.75) is 65.1 Å². The molecule has 2 aromatic rings. The molecule has 1 saturated carbocycles. The number of nitrogens with zero attached hydrogens (tertiary/aromatic N) is 5. The molecule has 1 saturated heterocycles. The van der Waals surface area contributed by atoms with Gasteiger partial charge in [-0.15, -0.1) is 0 Å². The summed E-state index contributed by atoms with van der Waals surface area (Å²) in [5.41, 5.74) is 1.69. The van der Waals surface area contributed by atoms with Crippen LogP contribution in [0.4, 0.5) is 30.5 Å². The maximum Gasteiger partial charge on any atom is 0.419 e. The highest BCUT2D eigenvalue weighted by Crippen LogP contribution is 2.38. The zero-order valence-corrected chi connectivity index (χ0v) is 25.3. The fourth-order valence-corrected chi connectivity index (χ4v) is 6.66. The van der Waals surface area contributed by atoms with Gasteiger partial charge in [-0.3, -0.25) is 0 Å². The van der Waals surface area contributed by atoms with Crippen LogP contribution in [0.3, 0.4) is 0 Å². The van der Waals surface area contributed by atoms with Gasteiger partial charge >= 0.3 is 6.18 Å². The van der Waals surface area contributed by atoms with Crippen LogP contribution in [0, 0.1) is 5.92 Å². The molecule has 1 aromatic heterocycles. The van der Waals surface area contributed by atoms with E-state index in [9.17, 15) is 21.6 Å². The lowest BCUT2D eigenvalue weighted by molar-refractivity contribution is -0.138. The SMILES string of the molecule is C.CCc1cc(Nc2ncc(C(F)(F)F)c(C[C@@H]3CCCC[C@H]3N(C)S(C)(=O)=O)n2)c(OC)cc1N1CCN(C)CC1. The predicted molar refractivity (Wildman–Crippen MR) is 161 cm³/mol. The number of aromatic nitrogens is 2. The van der Waals surface area contributed by atoms with Gasteiger partial charge in [-0.2, -0.15) is 13.2 Å². The number of likely N-dealkylation sites (N-methyl/N-ethyl adjacent to an activating group) is 1. The lowest BCUT2D eigenvalue weighted by atomic mass is 9.81. The highest BCUT2D eigenvalue weighted by atomic mass is 32.2. The minimum absolute atomic E-state index is 0. The van der Waals surface area contributed by atoms with Crippen molar-refractivity contribution < 1.29 is 26.3 Å². The number of hydrogen-bond donors (Lipinski definition) is 1. The Kier molecular flexibility index (Phi) is 11.1. The number of rotatable bonds is 9. The van der Waals surface area contributed by atoms with Crippen LogP contribution < -0.4 is 15.0 Å². The summed E-state index contributed by atoms with van der Waals surface area (Å²) in [5, 5.41) is 3.10. The number of piperazine rings is 1. The van der Waals surface area contributed by atoms with Crippen LogP contribution in [0.1, 0.15) is 56.9 Å². The van der Waals surface area contributed by atoms with Gasteiger partial charge in [-0.25, -0.2) is 22.7 Å². The Morgan fingerprint density at radius 1 is 1.14 bits per heavy atom. The molecule has 2 atom stereocenters. The van der Waals surface area contributed by atoms with Gasteiger partial charge in [-0.1, -0.05) is 27.2 Å². The van der Waals surface area contributed by atoms with Gasteiger partial charge in [0.15, 0.2) is 0 Å². The second-order valence-corrected chi connectivity index (χ2v) is 13.1. The normalized spacial score (nSPS) is 20.4. The molecule has 9 nitrogen and oxygen atoms in total. The lowest BCUT2D eigenvalue weighted by Gasteiger charge is -2.37. The number of sulfonamides is 1. The highest BCUT2D eigenvalue weighted by molar-refractivity contribution is 7.88. The number of nitrogens with one attached hydrogen (secondary N) is 1. The van der Waals surface area contributed by atoms with E-state index in [4.69, 9.17) is 4.74 Å². The third kappa shape index (κ3) is 7.84. The zero-order valence-electron chi connectivity index (χ0n) is 24.5. The van der Waals surface area contributed by atoms with E-state index in [1.54, 1.807) is 7.11 Å². The molecule has 1 aliphatic heterocycles. The van der Waals surface area contributed by atoms with Crippen molar-refractivity contribution in [2.24, 2.45) is 5.92 Å². The summed E-state index contributed by atoms with van der Waals surface area (Å²) in [5.74, 6) is 0.282. The van der Waals surface area contributed by atoms with Crippen molar-refractivity contribution in [3.05, 3.63) is 35.2 Å². The molecule has 1 N–H and O–H groups in total. The van der Waals surface area contributed by atoms with Gasteiger partial charge in [0, 0.05) is 57.2 Å². The Morgan fingerprint density at radius 3 is 2.40 bits per heavy atom. The fraction of sp³-hybridized carbons (Fsp3) is 0.655. The van der Waals surface area contributed by atoms with Crippen LogP contribution in [0.15, 0.2) is 18.3 Å². The maximum absolute atomic E-state index is 14.0. The Morgan fingerprint density at radius 2 is 1.81 bits per heavy atom. The summed E-state index contributed by atoms with van der Waals surface area (Å²) in [6.45, 7) is 5.75. The highest BCUT2D eigenvalue weighted by Gasteiger charge is 2.38. The molecule has 1 aromatic carbocycles. The fourth-order valence-electron chi connectivity index (χ4n) is 5.89. The summed E-state index contributed by atoms with van der Waals surface area (Å²) < 4.78 is 73.6. The van der Waals surface area contributed by atoms with E-state index in [0.29, 0.717) is 24.3 Å². The van der Waals surface area contributed by atoms with Gasteiger partial charge in [0.1, 0.15) is 5.75 Å². The molecular formula is C29H45F3N6O3S. The molecule has 236 valence electrons. The van der Waals surface area contributed by atoms with Crippen molar-refractivity contribution >= 4 is 27.3 Å². The van der Waals surface area contributed by atoms with Gasteiger partial charge in [0.25, 0.3) is 0 Å². The molecule has 0 spiro atoms. The van der Waals surface area contributed by atoms with Crippen LogP contribution in [0.25, 0.3) is 0 Å². The molecule has 0 amide bonds. The Bertz CT molecular complexity index is 1320. The standard InChI is InChI=1S/C28H41F3N6O3S.CH4/c1-6-19-15-23(26(40-4)17-25(19)37-13-11-35(2)12-14-37)34-27-32-18-21(28(29,30)31)22(33-27)16-20-9-7-8-10-24(20)36(3)41(5,38)39;/h15,17-18,20,24H,6-14,16H2,1-5H3,(H,32,33,34);1H4/t20-,24+;/m0./s1. The topological polar surface area (TPSA) is 90.9 Å². The van der Waals surface area contributed by atoms with E-state index in [0.717, 1.165) is 69.1 Å². The molecule has 0 unspecified atom stereocenters. The molecule has 1 aliphatic carbocycles. The summed E-state index contributed by atoms with van der Waals surface area (Å²) in [7, 11) is 1.66. The van der Waals surface area contributed by atoms with E-state index >= 15 is 0 Å². The number of halogens is 3. The first-order chi connectivity index (χ1) is 19.3. The lowest BCUT2D eigenvalue weighted by Crippen LogP contribution is -2.44. The molecule has 2 aliphatic rings. The molecular weight excluding hydrogens is 569 g/mol. The summed E-state index contributed by atoms with van der Waals surface area (Å²) in [6.07, 6.45) is 0.928. The summed E-state index contributed by atoms with van der Waals surface area (Å²) in [6, 6.07) is 3.52. The zero-order chi connectivity index (χ0) is 29.9. The van der Waals surface area contributed by atoms with E-state index in [1.165, 1.54) is 11.4 Å². The molecule has 42 heavy (non-hydrogen) atoms. The van der Waals surface area contributed by atoms with Gasteiger partial charge in [0.05, 0.1) is 30.3 Å².